The predicted octanol–water partition coefficient (Wildman–Crippen LogP) is 1.58. The van der Waals surface area contributed by atoms with Gasteiger partial charge in [0.2, 0.25) is 0 Å². The van der Waals surface area contributed by atoms with Crippen molar-refractivity contribution in [1.82, 2.24) is 9.55 Å². The van der Waals surface area contributed by atoms with E-state index in [2.05, 4.69) is 4.98 Å². The van der Waals surface area contributed by atoms with Gasteiger partial charge in [0.05, 0.1) is 12.3 Å². The lowest BCUT2D eigenvalue weighted by Crippen LogP contribution is -2.32. The molecule has 1 heterocycles. The maximum Gasteiger partial charge on any atom is 0.334 e. The molecule has 0 saturated carbocycles. The molecule has 0 aliphatic rings. The van der Waals surface area contributed by atoms with Crippen molar-refractivity contribution in [3.8, 4) is 11.4 Å². The summed E-state index contributed by atoms with van der Waals surface area (Å²) in [5, 5.41) is 0.0159. The molecule has 0 aliphatic heterocycles. The number of hydrogen-bond acceptors (Lipinski definition) is 3. The monoisotopic (exact) mass is 266 g/mol. The summed E-state index contributed by atoms with van der Waals surface area (Å²) in [6.45, 7) is 2.36. The molecule has 18 heavy (non-hydrogen) atoms. The summed E-state index contributed by atoms with van der Waals surface area (Å²) < 4.78 is 6.31. The first-order chi connectivity index (χ1) is 8.61. The van der Waals surface area contributed by atoms with Crippen LogP contribution in [0, 0.1) is 0 Å². The predicted molar refractivity (Wildman–Crippen MR) is 68.8 cm³/mol. The number of ether oxygens (including phenoxy) is 1. The Hall–Kier alpha value is -2.01. The van der Waals surface area contributed by atoms with E-state index in [0.717, 1.165) is 10.6 Å². The van der Waals surface area contributed by atoms with E-state index in [1.165, 1.54) is 0 Å². The third-order valence-corrected chi connectivity index (χ3v) is 2.49. The van der Waals surface area contributed by atoms with Crippen molar-refractivity contribution in [2.45, 2.75) is 6.92 Å². The highest BCUT2D eigenvalue weighted by Crippen LogP contribution is 2.14. The lowest BCUT2D eigenvalue weighted by Gasteiger charge is -2.07. The van der Waals surface area contributed by atoms with Crippen molar-refractivity contribution in [3.05, 3.63) is 56.3 Å². The quantitative estimate of drug-likeness (QED) is 0.858. The molecular formula is C12H11ClN2O3. The van der Waals surface area contributed by atoms with Crippen molar-refractivity contribution in [2.24, 2.45) is 0 Å². The molecule has 0 aliphatic carbocycles. The first-order valence-electron chi connectivity index (χ1n) is 5.37. The smallest absolute Gasteiger partial charge is 0.334 e. The van der Waals surface area contributed by atoms with E-state index >= 15 is 0 Å². The lowest BCUT2D eigenvalue weighted by atomic mass is 10.3. The number of H-pyrrole nitrogens is 1. The molecule has 0 saturated heterocycles. The number of nitrogens with zero attached hydrogens (tertiary/aromatic N) is 1. The Morgan fingerprint density at radius 3 is 2.78 bits per heavy atom. The summed E-state index contributed by atoms with van der Waals surface area (Å²) in [6.07, 6.45) is 0. The third-order valence-electron chi connectivity index (χ3n) is 2.29. The zero-order chi connectivity index (χ0) is 13.1. The second-order valence-electron chi connectivity index (χ2n) is 3.53. The molecule has 0 atom stereocenters. The van der Waals surface area contributed by atoms with Gasteiger partial charge in [-0.3, -0.25) is 9.78 Å². The van der Waals surface area contributed by atoms with Gasteiger partial charge in [0.15, 0.2) is 0 Å². The minimum atomic E-state index is -0.582. The standard InChI is InChI=1S/C12H11ClN2O3/c1-2-18-9-5-3-4-8(6-9)15-11(16)7-10(13)14-12(15)17/h3-7H,2H2,1H3,(H,14,17). The van der Waals surface area contributed by atoms with Crippen LogP contribution in [0.3, 0.4) is 0 Å². The average molecular weight is 267 g/mol. The van der Waals surface area contributed by atoms with Crippen LogP contribution in [0.1, 0.15) is 6.92 Å². The van der Waals surface area contributed by atoms with Crippen LogP contribution in [0.15, 0.2) is 39.9 Å². The van der Waals surface area contributed by atoms with E-state index in [4.69, 9.17) is 16.3 Å². The molecule has 5 nitrogen and oxygen atoms in total. The van der Waals surface area contributed by atoms with E-state index in [0.29, 0.717) is 18.0 Å². The van der Waals surface area contributed by atoms with Crippen LogP contribution >= 0.6 is 11.6 Å². The maximum absolute atomic E-state index is 11.7. The number of aromatic amines is 1. The van der Waals surface area contributed by atoms with Gasteiger partial charge in [0, 0.05) is 12.1 Å². The molecule has 0 fully saturated rings. The molecule has 2 rings (SSSR count). The third kappa shape index (κ3) is 2.46. The van der Waals surface area contributed by atoms with Gasteiger partial charge in [-0.2, -0.15) is 0 Å². The number of rotatable bonds is 3. The fraction of sp³-hybridized carbons (Fsp3) is 0.167. The van der Waals surface area contributed by atoms with E-state index in [-0.39, 0.29) is 5.15 Å². The van der Waals surface area contributed by atoms with Gasteiger partial charge in [0.1, 0.15) is 10.9 Å². The molecule has 0 amide bonds. The zero-order valence-electron chi connectivity index (χ0n) is 9.64. The highest BCUT2D eigenvalue weighted by atomic mass is 35.5. The summed E-state index contributed by atoms with van der Waals surface area (Å²) in [6, 6.07) is 7.88. The molecule has 6 heteroatoms. The van der Waals surface area contributed by atoms with Crippen LogP contribution in [0.2, 0.25) is 5.15 Å². The number of benzene rings is 1. The molecule has 0 radical (unpaired) electrons. The zero-order valence-corrected chi connectivity index (χ0v) is 10.4. The van der Waals surface area contributed by atoms with Crippen molar-refractivity contribution in [2.75, 3.05) is 6.61 Å². The van der Waals surface area contributed by atoms with Crippen LogP contribution in [-0.4, -0.2) is 16.2 Å². The summed E-state index contributed by atoms with van der Waals surface area (Å²) in [4.78, 5) is 25.8. The molecule has 1 N–H and O–H groups in total. The molecule has 2 aromatic rings. The van der Waals surface area contributed by atoms with Crippen molar-refractivity contribution >= 4 is 11.6 Å². The number of hydrogen-bond donors (Lipinski definition) is 1. The highest BCUT2D eigenvalue weighted by molar-refractivity contribution is 6.29. The summed E-state index contributed by atoms with van der Waals surface area (Å²) in [7, 11) is 0. The second kappa shape index (κ2) is 5.10. The van der Waals surface area contributed by atoms with Gasteiger partial charge in [-0.15, -0.1) is 0 Å². The summed E-state index contributed by atoms with van der Waals surface area (Å²) in [5.74, 6) is 0.594. The van der Waals surface area contributed by atoms with Crippen LogP contribution in [-0.2, 0) is 0 Å². The maximum atomic E-state index is 11.7. The highest BCUT2D eigenvalue weighted by Gasteiger charge is 2.06. The van der Waals surface area contributed by atoms with Gasteiger partial charge in [-0.05, 0) is 19.1 Å². The second-order valence-corrected chi connectivity index (χ2v) is 3.93. The van der Waals surface area contributed by atoms with Gasteiger partial charge >= 0.3 is 5.69 Å². The van der Waals surface area contributed by atoms with Crippen molar-refractivity contribution in [3.63, 3.8) is 0 Å². The van der Waals surface area contributed by atoms with Crippen LogP contribution in [0.4, 0.5) is 0 Å². The van der Waals surface area contributed by atoms with Crippen molar-refractivity contribution in [1.29, 1.82) is 0 Å². The first kappa shape index (κ1) is 12.4. The fourth-order valence-electron chi connectivity index (χ4n) is 1.59. The molecule has 0 spiro atoms. The Bertz CT molecular complexity index is 644. The van der Waals surface area contributed by atoms with Crippen LogP contribution in [0.25, 0.3) is 5.69 Å². The minimum Gasteiger partial charge on any atom is -0.494 e. The fourth-order valence-corrected chi connectivity index (χ4v) is 1.76. The number of halogens is 1. The van der Waals surface area contributed by atoms with E-state index in [1.807, 2.05) is 6.92 Å². The summed E-state index contributed by atoms with van der Waals surface area (Å²) >= 11 is 5.60. The first-order valence-corrected chi connectivity index (χ1v) is 5.74. The molecule has 1 aromatic heterocycles. The number of aromatic nitrogens is 2. The van der Waals surface area contributed by atoms with Gasteiger partial charge in [0.25, 0.3) is 5.56 Å². The average Bonchev–Trinajstić information content (AvgIpc) is 2.28. The van der Waals surface area contributed by atoms with E-state index < -0.39 is 11.2 Å². The Labute approximate surface area is 108 Å². The molecule has 1 aromatic carbocycles. The van der Waals surface area contributed by atoms with Gasteiger partial charge < -0.3 is 4.74 Å². The SMILES string of the molecule is CCOc1cccc(-n2c(=O)cc(Cl)[nH]c2=O)c1. The van der Waals surface area contributed by atoms with Crippen LogP contribution < -0.4 is 16.0 Å². The van der Waals surface area contributed by atoms with Crippen molar-refractivity contribution < 1.29 is 4.74 Å². The molecule has 0 bridgehead atoms. The molecular weight excluding hydrogens is 256 g/mol. The van der Waals surface area contributed by atoms with Crippen LogP contribution in [0.5, 0.6) is 5.75 Å². The summed E-state index contributed by atoms with van der Waals surface area (Å²) in [5.41, 5.74) is -0.637. The van der Waals surface area contributed by atoms with E-state index in [1.54, 1.807) is 24.3 Å². The Balaban J connectivity index is 2.59. The Morgan fingerprint density at radius 2 is 2.11 bits per heavy atom. The van der Waals surface area contributed by atoms with Gasteiger partial charge in [-0.25, -0.2) is 9.36 Å². The molecule has 0 unspecified atom stereocenters. The topological polar surface area (TPSA) is 64.1 Å². The van der Waals surface area contributed by atoms with E-state index in [9.17, 15) is 9.59 Å². The lowest BCUT2D eigenvalue weighted by molar-refractivity contribution is 0.340. The number of nitrogens with one attached hydrogen (secondary N) is 1. The largest absolute Gasteiger partial charge is 0.494 e. The molecule has 94 valence electrons. The Kier molecular flexibility index (Phi) is 3.53. The van der Waals surface area contributed by atoms with Gasteiger partial charge in [-0.1, -0.05) is 17.7 Å². The Morgan fingerprint density at radius 1 is 1.33 bits per heavy atom. The normalized spacial score (nSPS) is 10.3. The minimum absolute atomic E-state index is 0.0159.